The molecule has 1 aliphatic carbocycles. The van der Waals surface area contributed by atoms with Crippen molar-refractivity contribution < 1.29 is 29.7 Å². The van der Waals surface area contributed by atoms with Gasteiger partial charge in [0, 0.05) is 0 Å². The summed E-state index contributed by atoms with van der Waals surface area (Å²) in [6.45, 7) is 0. The summed E-state index contributed by atoms with van der Waals surface area (Å²) in [6.07, 6.45) is 4.17. The van der Waals surface area contributed by atoms with E-state index in [0.717, 1.165) is 6.04 Å². The molecule has 1 rings (SSSR count). The van der Waals surface area contributed by atoms with E-state index in [0.29, 0.717) is 0 Å². The van der Waals surface area contributed by atoms with Gasteiger partial charge in [-0.2, -0.15) is 0 Å². The number of hydrogen-bond acceptors (Lipinski definition) is 0. The lowest BCUT2D eigenvalue weighted by atomic mass is 9.95. The van der Waals surface area contributed by atoms with Gasteiger partial charge in [0.2, 0.25) is 0 Å². The normalized spacial score (nSPS) is 21.5. The van der Waals surface area contributed by atoms with Crippen molar-refractivity contribution in [3.63, 3.8) is 0 Å². The summed E-state index contributed by atoms with van der Waals surface area (Å²) >= 11 is 0. The molecule has 38 valence electrons. The van der Waals surface area contributed by atoms with Crippen molar-refractivity contribution in [1.29, 1.82) is 0 Å². The fourth-order valence-corrected chi connectivity index (χ4v) is 0.493. The van der Waals surface area contributed by atoms with Gasteiger partial charge in [0.1, 0.15) is 0 Å². The monoisotopic (exact) mass is 199 g/mol. The highest BCUT2D eigenvalue weighted by Crippen LogP contribution is 2.12. The molecule has 0 bridgehead atoms. The van der Waals surface area contributed by atoms with Crippen molar-refractivity contribution >= 4 is 0 Å². The second-order valence-corrected chi connectivity index (χ2v) is 1.80. The van der Waals surface area contributed by atoms with Crippen molar-refractivity contribution in [2.24, 2.45) is 0 Å². The van der Waals surface area contributed by atoms with Gasteiger partial charge < -0.3 is 29.7 Å². The molecule has 1 fully saturated rings. The first-order valence-electron chi connectivity index (χ1n) is 2.22. The molecule has 0 atom stereocenters. The van der Waals surface area contributed by atoms with Gasteiger partial charge in [0.05, 0.1) is 6.04 Å². The molecule has 0 unspecified atom stereocenters. The number of quaternary nitrogens is 1. The Kier molecular flexibility index (Phi) is 3.12. The maximum absolute atomic E-state index is 3.84. The Morgan fingerprint density at radius 2 is 1.67 bits per heavy atom. The van der Waals surface area contributed by atoms with Gasteiger partial charge in [-0.15, -0.1) is 0 Å². The number of rotatable bonds is 0. The van der Waals surface area contributed by atoms with Crippen LogP contribution in [0.5, 0.6) is 0 Å². The summed E-state index contributed by atoms with van der Waals surface area (Å²) in [7, 11) is 0. The molecule has 2 heteroatoms. The largest absolute Gasteiger partial charge is 1.00 e. The Balaban J connectivity index is 0.000000250. The van der Waals surface area contributed by atoms with Crippen molar-refractivity contribution in [2.75, 3.05) is 0 Å². The van der Waals surface area contributed by atoms with Gasteiger partial charge in [-0.3, -0.25) is 0 Å². The predicted octanol–water partition coefficient (Wildman–Crippen LogP) is -3.22. The predicted molar refractivity (Wildman–Crippen MR) is 20.5 cm³/mol. The van der Waals surface area contributed by atoms with Crippen LogP contribution < -0.4 is 29.7 Å². The molecule has 1 saturated carbocycles. The molecule has 0 radical (unpaired) electrons. The minimum atomic E-state index is 0. The van der Waals surface area contributed by atoms with Crippen LogP contribution in [-0.4, -0.2) is 6.04 Å². The highest BCUT2D eigenvalue weighted by molar-refractivity contribution is 4.63. The summed E-state index contributed by atoms with van der Waals surface area (Å²) in [6, 6.07) is 0.815. The van der Waals surface area contributed by atoms with E-state index in [1.165, 1.54) is 19.3 Å². The number of halogens is 1. The molecule has 0 aromatic heterocycles. The lowest BCUT2D eigenvalue weighted by molar-refractivity contribution is -0.437. The fraction of sp³-hybridized carbons (Fsp3) is 1.00. The van der Waals surface area contributed by atoms with E-state index in [1.54, 1.807) is 0 Å². The molecule has 0 amide bonds. The first-order chi connectivity index (χ1) is 2.39. The molecule has 6 heavy (non-hydrogen) atoms. The van der Waals surface area contributed by atoms with Gasteiger partial charge in [-0.1, -0.05) is 0 Å². The summed E-state index contributed by atoms with van der Waals surface area (Å²) < 4.78 is 0. The minimum absolute atomic E-state index is 0. The molecule has 0 aromatic carbocycles. The van der Waals surface area contributed by atoms with Gasteiger partial charge >= 0.3 is 0 Å². The molecular formula is C4H10IN. The Morgan fingerprint density at radius 3 is 1.67 bits per heavy atom. The lowest BCUT2D eigenvalue weighted by Crippen LogP contribution is -3.00. The first-order valence-corrected chi connectivity index (χ1v) is 2.22. The molecule has 3 N–H and O–H groups in total. The Bertz CT molecular complexity index is 34.5. The zero-order valence-corrected chi connectivity index (χ0v) is 5.94. The SMILES string of the molecule is [I-].[NH3+]C1CCC1. The van der Waals surface area contributed by atoms with Crippen molar-refractivity contribution in [2.45, 2.75) is 25.3 Å². The molecule has 0 spiro atoms. The van der Waals surface area contributed by atoms with Crippen LogP contribution in [-0.2, 0) is 0 Å². The third kappa shape index (κ3) is 1.43. The third-order valence-corrected chi connectivity index (χ3v) is 1.22. The van der Waals surface area contributed by atoms with Gasteiger partial charge in [0.15, 0.2) is 0 Å². The van der Waals surface area contributed by atoms with E-state index < -0.39 is 0 Å². The summed E-state index contributed by atoms with van der Waals surface area (Å²) in [4.78, 5) is 0. The molecule has 0 aromatic rings. The highest BCUT2D eigenvalue weighted by atomic mass is 127. The van der Waals surface area contributed by atoms with Crippen LogP contribution in [0.1, 0.15) is 19.3 Å². The second kappa shape index (κ2) is 2.80. The zero-order valence-electron chi connectivity index (χ0n) is 3.78. The quantitative estimate of drug-likeness (QED) is 0.398. The Labute approximate surface area is 55.3 Å². The number of hydrogen-bond donors (Lipinski definition) is 1. The van der Waals surface area contributed by atoms with Crippen LogP contribution in [0.15, 0.2) is 0 Å². The van der Waals surface area contributed by atoms with E-state index in [-0.39, 0.29) is 24.0 Å². The zero-order chi connectivity index (χ0) is 3.70. The molecule has 0 aliphatic heterocycles. The maximum Gasteiger partial charge on any atom is 0.0843 e. The Morgan fingerprint density at radius 1 is 1.33 bits per heavy atom. The molecule has 0 heterocycles. The summed E-state index contributed by atoms with van der Waals surface area (Å²) in [5.41, 5.74) is 3.84. The van der Waals surface area contributed by atoms with E-state index in [9.17, 15) is 0 Å². The summed E-state index contributed by atoms with van der Waals surface area (Å²) in [5.74, 6) is 0. The average Bonchev–Trinajstić information content (AvgIpc) is 1.30. The smallest absolute Gasteiger partial charge is 0.0843 e. The molecular weight excluding hydrogens is 189 g/mol. The van der Waals surface area contributed by atoms with E-state index >= 15 is 0 Å². The van der Waals surface area contributed by atoms with Crippen LogP contribution in [0.2, 0.25) is 0 Å². The fourth-order valence-electron chi connectivity index (χ4n) is 0.493. The Hall–Kier alpha value is 0.690. The van der Waals surface area contributed by atoms with E-state index in [2.05, 4.69) is 5.73 Å². The van der Waals surface area contributed by atoms with Crippen LogP contribution in [0.25, 0.3) is 0 Å². The molecule has 1 nitrogen and oxygen atoms in total. The van der Waals surface area contributed by atoms with Crippen molar-refractivity contribution in [3.05, 3.63) is 0 Å². The third-order valence-electron chi connectivity index (χ3n) is 1.22. The maximum atomic E-state index is 3.84. The van der Waals surface area contributed by atoms with Crippen LogP contribution in [0, 0.1) is 0 Å². The second-order valence-electron chi connectivity index (χ2n) is 1.80. The van der Waals surface area contributed by atoms with Crippen molar-refractivity contribution in [1.82, 2.24) is 0 Å². The highest BCUT2D eigenvalue weighted by Gasteiger charge is 2.13. The summed E-state index contributed by atoms with van der Waals surface area (Å²) in [5, 5.41) is 0. The van der Waals surface area contributed by atoms with E-state index in [1.807, 2.05) is 0 Å². The van der Waals surface area contributed by atoms with Gasteiger partial charge in [-0.25, -0.2) is 0 Å². The lowest BCUT2D eigenvalue weighted by Gasteiger charge is -2.15. The minimum Gasteiger partial charge on any atom is -1.00 e. The van der Waals surface area contributed by atoms with Crippen LogP contribution in [0.3, 0.4) is 0 Å². The molecule has 0 saturated heterocycles. The standard InChI is InChI=1S/C4H9N.HI/c5-4-2-1-3-4;/h4H,1-3,5H2;1H. The topological polar surface area (TPSA) is 27.6 Å². The van der Waals surface area contributed by atoms with Gasteiger partial charge in [0.25, 0.3) is 0 Å². The van der Waals surface area contributed by atoms with Crippen LogP contribution in [0.4, 0.5) is 0 Å². The molecule has 1 aliphatic rings. The average molecular weight is 199 g/mol. The first kappa shape index (κ1) is 6.69. The van der Waals surface area contributed by atoms with Crippen LogP contribution >= 0.6 is 0 Å². The van der Waals surface area contributed by atoms with Crippen molar-refractivity contribution in [3.8, 4) is 0 Å². The van der Waals surface area contributed by atoms with Gasteiger partial charge in [-0.05, 0) is 19.3 Å². The van der Waals surface area contributed by atoms with E-state index in [4.69, 9.17) is 0 Å².